The van der Waals surface area contributed by atoms with Crippen LogP contribution in [0.3, 0.4) is 0 Å². The molecule has 1 aromatic heterocycles. The Hall–Kier alpha value is -0.580. The first-order valence-corrected chi connectivity index (χ1v) is 7.00. The van der Waals surface area contributed by atoms with Crippen LogP contribution in [0.5, 0.6) is 0 Å². The van der Waals surface area contributed by atoms with Gasteiger partial charge in [-0.25, -0.2) is 4.98 Å². The van der Waals surface area contributed by atoms with Crippen molar-refractivity contribution >= 4 is 11.8 Å². The van der Waals surface area contributed by atoms with Crippen LogP contribution in [-0.2, 0) is 4.74 Å². The zero-order valence-electron chi connectivity index (χ0n) is 10.6. The Morgan fingerprint density at radius 1 is 1.59 bits per heavy atom. The van der Waals surface area contributed by atoms with E-state index in [-0.39, 0.29) is 0 Å². The van der Waals surface area contributed by atoms with E-state index in [0.717, 1.165) is 18.1 Å². The molecule has 3 unspecified atom stereocenters. The van der Waals surface area contributed by atoms with Gasteiger partial charge in [0.1, 0.15) is 5.03 Å². The molecule has 94 valence electrons. The van der Waals surface area contributed by atoms with Gasteiger partial charge in [0.05, 0.1) is 6.10 Å². The maximum absolute atomic E-state index is 5.60. The Bertz CT molecular complexity index is 372. The van der Waals surface area contributed by atoms with Crippen molar-refractivity contribution < 1.29 is 4.74 Å². The summed E-state index contributed by atoms with van der Waals surface area (Å²) in [5, 5.41) is 4.94. The second kappa shape index (κ2) is 5.85. The van der Waals surface area contributed by atoms with Gasteiger partial charge in [-0.1, -0.05) is 17.8 Å². The van der Waals surface area contributed by atoms with Crippen LogP contribution in [0.2, 0.25) is 0 Å². The zero-order chi connectivity index (χ0) is 12.3. The lowest BCUT2D eigenvalue weighted by atomic mass is 10.1. The van der Waals surface area contributed by atoms with E-state index in [4.69, 9.17) is 4.74 Å². The number of hydrogen-bond acceptors (Lipinski definition) is 4. The first-order valence-electron chi connectivity index (χ1n) is 6.12. The molecule has 3 atom stereocenters. The monoisotopic (exact) mass is 252 g/mol. The van der Waals surface area contributed by atoms with Gasteiger partial charge in [0, 0.05) is 29.7 Å². The first kappa shape index (κ1) is 12.9. The van der Waals surface area contributed by atoms with Crippen molar-refractivity contribution in [1.29, 1.82) is 0 Å². The molecule has 1 saturated heterocycles. The summed E-state index contributed by atoms with van der Waals surface area (Å²) in [5.41, 5.74) is 1.28. The molecule has 0 aromatic carbocycles. The van der Waals surface area contributed by atoms with Crippen LogP contribution in [0.4, 0.5) is 0 Å². The van der Waals surface area contributed by atoms with Gasteiger partial charge in [-0.05, 0) is 33.4 Å². The Balaban J connectivity index is 2.14. The Labute approximate surface area is 107 Å². The van der Waals surface area contributed by atoms with Gasteiger partial charge in [-0.3, -0.25) is 0 Å². The molecule has 2 heterocycles. The third-order valence-corrected chi connectivity index (χ3v) is 4.76. The number of hydrogen-bond donors (Lipinski definition) is 1. The fourth-order valence-corrected chi connectivity index (χ4v) is 3.27. The first-order chi connectivity index (χ1) is 8.22. The highest BCUT2D eigenvalue weighted by molar-refractivity contribution is 8.00. The lowest BCUT2D eigenvalue weighted by Crippen LogP contribution is -2.17. The number of rotatable bonds is 4. The van der Waals surface area contributed by atoms with E-state index in [1.54, 1.807) is 0 Å². The number of thioether (sulfide) groups is 1. The average molecular weight is 252 g/mol. The summed E-state index contributed by atoms with van der Waals surface area (Å²) < 4.78 is 5.60. The molecule has 2 rings (SSSR count). The van der Waals surface area contributed by atoms with Crippen molar-refractivity contribution in [2.45, 2.75) is 42.7 Å². The van der Waals surface area contributed by atoms with Gasteiger partial charge < -0.3 is 10.1 Å². The van der Waals surface area contributed by atoms with E-state index in [2.05, 4.69) is 30.2 Å². The summed E-state index contributed by atoms with van der Waals surface area (Å²) in [4.78, 5) is 4.51. The summed E-state index contributed by atoms with van der Waals surface area (Å²) >= 11 is 1.85. The van der Waals surface area contributed by atoms with Gasteiger partial charge in [-0.15, -0.1) is 0 Å². The topological polar surface area (TPSA) is 34.2 Å². The number of nitrogens with one attached hydrogen (secondary N) is 1. The molecule has 0 saturated carbocycles. The van der Waals surface area contributed by atoms with Crippen LogP contribution in [-0.4, -0.2) is 30.0 Å². The van der Waals surface area contributed by atoms with E-state index in [9.17, 15) is 0 Å². The minimum atomic E-state index is 0.333. The van der Waals surface area contributed by atoms with Crippen molar-refractivity contribution in [3.8, 4) is 0 Å². The summed E-state index contributed by atoms with van der Waals surface area (Å²) in [6.07, 6.45) is 3.32. The Morgan fingerprint density at radius 2 is 2.41 bits per heavy atom. The number of pyridine rings is 1. The van der Waals surface area contributed by atoms with E-state index in [0.29, 0.717) is 17.4 Å². The fraction of sp³-hybridized carbons (Fsp3) is 0.615. The molecule has 17 heavy (non-hydrogen) atoms. The Kier molecular flexibility index (Phi) is 4.42. The van der Waals surface area contributed by atoms with E-state index >= 15 is 0 Å². The third kappa shape index (κ3) is 3.00. The quantitative estimate of drug-likeness (QED) is 0.893. The standard InChI is InChI=1S/C13H20N2OS/c1-9(14-3)11-5-4-7-15-13(11)17-12-6-8-16-10(12)2/h4-5,7,9-10,12,14H,6,8H2,1-3H3. The van der Waals surface area contributed by atoms with Crippen LogP contribution >= 0.6 is 11.8 Å². The lowest BCUT2D eigenvalue weighted by molar-refractivity contribution is 0.127. The highest BCUT2D eigenvalue weighted by Crippen LogP contribution is 2.34. The molecule has 3 nitrogen and oxygen atoms in total. The summed E-state index contributed by atoms with van der Waals surface area (Å²) in [6.45, 7) is 5.19. The molecule has 0 aliphatic carbocycles. The SMILES string of the molecule is CNC(C)c1cccnc1SC1CCOC1C. The maximum Gasteiger partial charge on any atom is 0.101 e. The van der Waals surface area contributed by atoms with Crippen molar-refractivity contribution in [2.24, 2.45) is 0 Å². The minimum absolute atomic E-state index is 0.333. The van der Waals surface area contributed by atoms with Crippen LogP contribution in [0.1, 0.15) is 31.9 Å². The predicted octanol–water partition coefficient (Wildman–Crippen LogP) is 2.63. The van der Waals surface area contributed by atoms with Crippen LogP contribution in [0.25, 0.3) is 0 Å². The highest BCUT2D eigenvalue weighted by Gasteiger charge is 2.26. The normalized spacial score (nSPS) is 26.1. The zero-order valence-corrected chi connectivity index (χ0v) is 11.5. The smallest absolute Gasteiger partial charge is 0.101 e. The molecule has 1 aromatic rings. The molecule has 0 spiro atoms. The Morgan fingerprint density at radius 3 is 3.06 bits per heavy atom. The molecule has 4 heteroatoms. The van der Waals surface area contributed by atoms with Crippen molar-refractivity contribution in [3.05, 3.63) is 23.9 Å². The number of nitrogens with zero attached hydrogens (tertiary/aromatic N) is 1. The van der Waals surface area contributed by atoms with Crippen molar-refractivity contribution in [3.63, 3.8) is 0 Å². The maximum atomic E-state index is 5.60. The average Bonchev–Trinajstić information content (AvgIpc) is 2.75. The van der Waals surface area contributed by atoms with Gasteiger partial charge >= 0.3 is 0 Å². The highest BCUT2D eigenvalue weighted by atomic mass is 32.2. The summed E-state index contributed by atoms with van der Waals surface area (Å²) in [7, 11) is 1.98. The van der Waals surface area contributed by atoms with Crippen LogP contribution in [0, 0.1) is 0 Å². The molecular weight excluding hydrogens is 232 g/mol. The van der Waals surface area contributed by atoms with E-state index in [1.807, 2.05) is 31.1 Å². The molecular formula is C13H20N2OS. The number of ether oxygens (including phenoxy) is 1. The van der Waals surface area contributed by atoms with Crippen LogP contribution in [0.15, 0.2) is 23.4 Å². The van der Waals surface area contributed by atoms with Gasteiger partial charge in [0.2, 0.25) is 0 Å². The van der Waals surface area contributed by atoms with Gasteiger partial charge in [0.25, 0.3) is 0 Å². The van der Waals surface area contributed by atoms with Crippen molar-refractivity contribution in [1.82, 2.24) is 10.3 Å². The van der Waals surface area contributed by atoms with Crippen LogP contribution < -0.4 is 5.32 Å². The minimum Gasteiger partial charge on any atom is -0.377 e. The molecule has 1 N–H and O–H groups in total. The van der Waals surface area contributed by atoms with E-state index < -0.39 is 0 Å². The number of aromatic nitrogens is 1. The molecule has 0 bridgehead atoms. The molecule has 1 aliphatic heterocycles. The third-order valence-electron chi connectivity index (χ3n) is 3.27. The molecule has 1 aliphatic rings. The predicted molar refractivity (Wildman–Crippen MR) is 71.4 cm³/mol. The van der Waals surface area contributed by atoms with Gasteiger partial charge in [0.15, 0.2) is 0 Å². The van der Waals surface area contributed by atoms with Crippen molar-refractivity contribution in [2.75, 3.05) is 13.7 Å². The summed E-state index contributed by atoms with van der Waals surface area (Å²) in [5.74, 6) is 0. The molecule has 1 fully saturated rings. The molecule has 0 amide bonds. The second-order valence-corrected chi connectivity index (χ2v) is 5.66. The fourth-order valence-electron chi connectivity index (χ4n) is 2.00. The summed E-state index contributed by atoms with van der Waals surface area (Å²) in [6, 6.07) is 4.49. The largest absolute Gasteiger partial charge is 0.377 e. The lowest BCUT2D eigenvalue weighted by Gasteiger charge is -2.18. The van der Waals surface area contributed by atoms with E-state index in [1.165, 1.54) is 5.56 Å². The molecule has 0 radical (unpaired) electrons. The second-order valence-electron chi connectivity index (χ2n) is 4.43. The van der Waals surface area contributed by atoms with Gasteiger partial charge in [-0.2, -0.15) is 0 Å².